The van der Waals surface area contributed by atoms with Gasteiger partial charge in [-0.2, -0.15) is 0 Å². The Morgan fingerprint density at radius 2 is 1.56 bits per heavy atom. The first-order valence-corrected chi connectivity index (χ1v) is 5.49. The van der Waals surface area contributed by atoms with Crippen LogP contribution in [0, 0.1) is 0 Å². The minimum atomic E-state index is -0.460. The van der Waals surface area contributed by atoms with E-state index in [2.05, 4.69) is 0 Å². The first-order chi connectivity index (χ1) is 8.59. The summed E-state index contributed by atoms with van der Waals surface area (Å²) in [6.45, 7) is 0. The van der Waals surface area contributed by atoms with E-state index in [1.165, 1.54) is 12.1 Å². The number of aromatic hydroxyl groups is 3. The lowest BCUT2D eigenvalue weighted by atomic mass is 9.84. The summed E-state index contributed by atoms with van der Waals surface area (Å²) in [7, 11) is 0. The molecule has 0 aromatic heterocycles. The number of benzene rings is 2. The van der Waals surface area contributed by atoms with Crippen LogP contribution in [0.15, 0.2) is 30.3 Å². The van der Waals surface area contributed by atoms with Crippen molar-refractivity contribution >= 4 is 5.78 Å². The second-order valence-corrected chi connectivity index (χ2v) is 4.28. The minimum Gasteiger partial charge on any atom is -0.507 e. The Bertz CT molecular complexity index is 674. The topological polar surface area (TPSA) is 77.8 Å². The van der Waals surface area contributed by atoms with E-state index < -0.39 is 11.5 Å². The predicted octanol–water partition coefficient (Wildman–Crippen LogP) is 1.94. The lowest BCUT2D eigenvalue weighted by Gasteiger charge is -2.20. The number of phenolic OH excluding ortho intramolecular Hbond substituents is 3. The van der Waals surface area contributed by atoms with Gasteiger partial charge in [-0.15, -0.1) is 0 Å². The van der Waals surface area contributed by atoms with E-state index in [4.69, 9.17) is 0 Å². The van der Waals surface area contributed by atoms with E-state index in [0.29, 0.717) is 12.0 Å². The Kier molecular flexibility index (Phi) is 2.07. The van der Waals surface area contributed by atoms with Crippen molar-refractivity contribution in [3.63, 3.8) is 0 Å². The second-order valence-electron chi connectivity index (χ2n) is 4.28. The molecule has 0 saturated carbocycles. The molecule has 1 aliphatic carbocycles. The highest BCUT2D eigenvalue weighted by Gasteiger charge is 2.29. The molecule has 0 radical (unpaired) electrons. The molecule has 2 aromatic carbocycles. The Balaban J connectivity index is 2.30. The van der Waals surface area contributed by atoms with Gasteiger partial charge < -0.3 is 15.3 Å². The van der Waals surface area contributed by atoms with Crippen LogP contribution in [0.5, 0.6) is 17.2 Å². The summed E-state index contributed by atoms with van der Waals surface area (Å²) in [5.41, 5.74) is 1.64. The average molecular weight is 242 g/mol. The summed E-state index contributed by atoms with van der Waals surface area (Å²) in [4.78, 5) is 12.3. The molecule has 3 rings (SSSR count). The van der Waals surface area contributed by atoms with Gasteiger partial charge in [0.15, 0.2) is 11.5 Å². The molecule has 4 heteroatoms. The number of carbonyl (C=O) groups is 1. The maximum Gasteiger partial charge on any atom is 0.201 e. The molecule has 0 atom stereocenters. The van der Waals surface area contributed by atoms with Gasteiger partial charge in [-0.3, -0.25) is 4.79 Å². The van der Waals surface area contributed by atoms with E-state index in [9.17, 15) is 20.1 Å². The standard InChI is InChI=1S/C14H10O4/c15-9-3-1-2-7-6-8-4-5-10(16)13(17)12(8)14(18)11(7)9/h1-5,15-17H,6H2. The van der Waals surface area contributed by atoms with Crippen molar-refractivity contribution in [1.29, 1.82) is 0 Å². The van der Waals surface area contributed by atoms with Crippen LogP contribution in [0.3, 0.4) is 0 Å². The summed E-state index contributed by atoms with van der Waals surface area (Å²) in [6.07, 6.45) is 0.443. The Labute approximate surface area is 103 Å². The van der Waals surface area contributed by atoms with Crippen LogP contribution in [0.1, 0.15) is 27.0 Å². The smallest absolute Gasteiger partial charge is 0.201 e. The highest BCUT2D eigenvalue weighted by atomic mass is 16.3. The van der Waals surface area contributed by atoms with Gasteiger partial charge in [0, 0.05) is 0 Å². The van der Waals surface area contributed by atoms with Crippen LogP contribution in [-0.2, 0) is 6.42 Å². The van der Waals surface area contributed by atoms with Crippen LogP contribution in [-0.4, -0.2) is 21.1 Å². The fourth-order valence-corrected chi connectivity index (χ4v) is 2.35. The van der Waals surface area contributed by atoms with Gasteiger partial charge >= 0.3 is 0 Å². The van der Waals surface area contributed by atoms with Crippen LogP contribution >= 0.6 is 0 Å². The summed E-state index contributed by atoms with van der Waals surface area (Å²) >= 11 is 0. The molecule has 0 saturated heterocycles. The first kappa shape index (κ1) is 10.7. The third kappa shape index (κ3) is 1.29. The number of hydrogen-bond acceptors (Lipinski definition) is 4. The van der Waals surface area contributed by atoms with E-state index in [0.717, 1.165) is 5.56 Å². The number of ketones is 1. The zero-order chi connectivity index (χ0) is 12.9. The Morgan fingerprint density at radius 3 is 2.33 bits per heavy atom. The van der Waals surface area contributed by atoms with Crippen LogP contribution < -0.4 is 0 Å². The number of hydrogen-bond donors (Lipinski definition) is 3. The van der Waals surface area contributed by atoms with E-state index in [-0.39, 0.29) is 22.6 Å². The first-order valence-electron chi connectivity index (χ1n) is 5.49. The molecule has 0 unspecified atom stereocenters. The predicted molar refractivity (Wildman–Crippen MR) is 64.1 cm³/mol. The highest BCUT2D eigenvalue weighted by molar-refractivity contribution is 6.15. The maximum absolute atomic E-state index is 12.3. The SMILES string of the molecule is O=C1c2c(O)cccc2Cc2ccc(O)c(O)c21. The van der Waals surface area contributed by atoms with Gasteiger partial charge in [-0.05, 0) is 29.7 Å². The molecule has 0 fully saturated rings. The Hall–Kier alpha value is -2.49. The molecule has 0 aliphatic heterocycles. The van der Waals surface area contributed by atoms with Crippen molar-refractivity contribution in [1.82, 2.24) is 0 Å². The monoisotopic (exact) mass is 242 g/mol. The number of carbonyl (C=O) groups excluding carboxylic acids is 1. The second kappa shape index (κ2) is 3.50. The van der Waals surface area contributed by atoms with Crippen molar-refractivity contribution in [2.45, 2.75) is 6.42 Å². The zero-order valence-corrected chi connectivity index (χ0v) is 9.34. The maximum atomic E-state index is 12.3. The molecule has 0 bridgehead atoms. The molecule has 3 N–H and O–H groups in total. The van der Waals surface area contributed by atoms with Gasteiger partial charge in [-0.25, -0.2) is 0 Å². The molecule has 0 spiro atoms. The summed E-state index contributed by atoms with van der Waals surface area (Å²) in [5, 5.41) is 29.0. The van der Waals surface area contributed by atoms with Crippen molar-refractivity contribution < 1.29 is 20.1 Å². The van der Waals surface area contributed by atoms with Crippen molar-refractivity contribution in [3.05, 3.63) is 52.6 Å². The van der Waals surface area contributed by atoms with Gasteiger partial charge in [0.25, 0.3) is 0 Å². The minimum absolute atomic E-state index is 0.0731. The van der Waals surface area contributed by atoms with Crippen molar-refractivity contribution in [2.24, 2.45) is 0 Å². The van der Waals surface area contributed by atoms with E-state index in [1.54, 1.807) is 18.2 Å². The third-order valence-corrected chi connectivity index (χ3v) is 3.21. The number of phenols is 3. The molecule has 0 amide bonds. The normalized spacial score (nSPS) is 13.0. The van der Waals surface area contributed by atoms with Gasteiger partial charge in [0.1, 0.15) is 5.75 Å². The average Bonchev–Trinajstić information content (AvgIpc) is 2.34. The van der Waals surface area contributed by atoms with Crippen LogP contribution in [0.2, 0.25) is 0 Å². The molecule has 2 aromatic rings. The van der Waals surface area contributed by atoms with Gasteiger partial charge in [-0.1, -0.05) is 18.2 Å². The van der Waals surface area contributed by atoms with Crippen molar-refractivity contribution in [2.75, 3.05) is 0 Å². The lowest BCUT2D eigenvalue weighted by molar-refractivity contribution is 0.102. The Morgan fingerprint density at radius 1 is 0.833 bits per heavy atom. The molecule has 0 heterocycles. The molecule has 90 valence electrons. The highest BCUT2D eigenvalue weighted by Crippen LogP contribution is 2.39. The van der Waals surface area contributed by atoms with Gasteiger partial charge in [0.2, 0.25) is 5.78 Å². The quantitative estimate of drug-likeness (QED) is 0.526. The van der Waals surface area contributed by atoms with Crippen LogP contribution in [0.25, 0.3) is 0 Å². The fraction of sp³-hybridized carbons (Fsp3) is 0.0714. The van der Waals surface area contributed by atoms with Crippen LogP contribution in [0.4, 0.5) is 0 Å². The number of fused-ring (bicyclic) bond motifs is 2. The molecule has 4 nitrogen and oxygen atoms in total. The fourth-order valence-electron chi connectivity index (χ4n) is 2.35. The molecular formula is C14H10O4. The molecule has 1 aliphatic rings. The largest absolute Gasteiger partial charge is 0.507 e. The summed E-state index contributed by atoms with van der Waals surface area (Å²) < 4.78 is 0. The van der Waals surface area contributed by atoms with Crippen molar-refractivity contribution in [3.8, 4) is 17.2 Å². The summed E-state index contributed by atoms with van der Waals surface area (Å²) in [6, 6.07) is 7.83. The lowest BCUT2D eigenvalue weighted by Crippen LogP contribution is -2.15. The molecule has 18 heavy (non-hydrogen) atoms. The zero-order valence-electron chi connectivity index (χ0n) is 9.34. The van der Waals surface area contributed by atoms with Gasteiger partial charge in [0.05, 0.1) is 11.1 Å². The third-order valence-electron chi connectivity index (χ3n) is 3.21. The molecular weight excluding hydrogens is 232 g/mol. The van der Waals surface area contributed by atoms with E-state index in [1.807, 2.05) is 0 Å². The summed E-state index contributed by atoms with van der Waals surface area (Å²) in [5.74, 6) is -1.32. The number of rotatable bonds is 0. The van der Waals surface area contributed by atoms with E-state index >= 15 is 0 Å².